The number of hydrogen-bond donors (Lipinski definition) is 0. The Hall–Kier alpha value is -1.02. The second-order valence-electron chi connectivity index (χ2n) is 7.90. The number of benzene rings is 1. The maximum absolute atomic E-state index is 13.8. The Bertz CT molecular complexity index is 707. The quantitative estimate of drug-likeness (QED) is 0.711. The van der Waals surface area contributed by atoms with E-state index in [4.69, 9.17) is 0 Å². The third-order valence-corrected chi connectivity index (χ3v) is 7.76. The molecule has 0 spiro atoms. The van der Waals surface area contributed by atoms with Gasteiger partial charge in [-0.25, -0.2) is 4.39 Å². The first-order chi connectivity index (χ1) is 13.0. The van der Waals surface area contributed by atoms with Crippen molar-refractivity contribution < 1.29 is 12.8 Å². The summed E-state index contributed by atoms with van der Waals surface area (Å²) in [4.78, 5) is 2.35. The monoisotopic (exact) mass is 397 g/mol. The molecule has 0 radical (unpaired) electrons. The van der Waals surface area contributed by atoms with Gasteiger partial charge in [-0.05, 0) is 56.2 Å². The van der Waals surface area contributed by atoms with Gasteiger partial charge < -0.3 is 4.90 Å². The SMILES string of the molecule is CN(CC1CCCN(CCc2ccccc2F)C1)S(=O)(=O)N1CCCCC1. The largest absolute Gasteiger partial charge is 0.303 e. The maximum Gasteiger partial charge on any atom is 0.281 e. The Morgan fingerprint density at radius 2 is 1.85 bits per heavy atom. The topological polar surface area (TPSA) is 43.9 Å². The van der Waals surface area contributed by atoms with Crippen molar-refractivity contribution in [1.29, 1.82) is 0 Å². The van der Waals surface area contributed by atoms with Crippen molar-refractivity contribution in [2.75, 3.05) is 46.3 Å². The van der Waals surface area contributed by atoms with Crippen LogP contribution in [0.1, 0.15) is 37.7 Å². The minimum Gasteiger partial charge on any atom is -0.303 e. The van der Waals surface area contributed by atoms with Crippen LogP contribution in [0.4, 0.5) is 4.39 Å². The van der Waals surface area contributed by atoms with Gasteiger partial charge in [-0.15, -0.1) is 0 Å². The van der Waals surface area contributed by atoms with Gasteiger partial charge in [0.25, 0.3) is 10.2 Å². The molecule has 3 rings (SSSR count). The minimum atomic E-state index is -3.34. The third kappa shape index (κ3) is 5.50. The molecule has 1 aromatic rings. The number of halogens is 1. The van der Waals surface area contributed by atoms with Crippen LogP contribution < -0.4 is 0 Å². The molecule has 1 atom stereocenters. The van der Waals surface area contributed by atoms with Gasteiger partial charge >= 0.3 is 0 Å². The van der Waals surface area contributed by atoms with E-state index in [1.54, 1.807) is 21.7 Å². The first kappa shape index (κ1) is 20.7. The van der Waals surface area contributed by atoms with Crippen molar-refractivity contribution in [2.24, 2.45) is 5.92 Å². The van der Waals surface area contributed by atoms with Gasteiger partial charge in [0.2, 0.25) is 0 Å². The van der Waals surface area contributed by atoms with Crippen molar-refractivity contribution in [3.8, 4) is 0 Å². The van der Waals surface area contributed by atoms with Gasteiger partial charge in [-0.2, -0.15) is 17.0 Å². The van der Waals surface area contributed by atoms with Crippen molar-refractivity contribution in [3.05, 3.63) is 35.6 Å². The molecule has 0 aromatic heterocycles. The molecule has 27 heavy (non-hydrogen) atoms. The predicted octanol–water partition coefficient (Wildman–Crippen LogP) is 2.74. The van der Waals surface area contributed by atoms with Gasteiger partial charge in [0.1, 0.15) is 5.82 Å². The van der Waals surface area contributed by atoms with Gasteiger partial charge in [-0.1, -0.05) is 24.6 Å². The fourth-order valence-electron chi connectivity index (χ4n) is 4.23. The van der Waals surface area contributed by atoms with E-state index in [9.17, 15) is 12.8 Å². The first-order valence-corrected chi connectivity index (χ1v) is 11.5. The zero-order valence-corrected chi connectivity index (χ0v) is 17.1. The van der Waals surface area contributed by atoms with Crippen LogP contribution in [0.3, 0.4) is 0 Å². The number of hydrogen-bond acceptors (Lipinski definition) is 3. The zero-order chi connectivity index (χ0) is 19.3. The van der Waals surface area contributed by atoms with Crippen LogP contribution >= 0.6 is 0 Å². The Morgan fingerprint density at radius 3 is 2.59 bits per heavy atom. The number of piperidine rings is 2. The molecule has 2 aliphatic rings. The zero-order valence-electron chi connectivity index (χ0n) is 16.3. The predicted molar refractivity (Wildman–Crippen MR) is 106 cm³/mol. The van der Waals surface area contributed by atoms with Crippen molar-refractivity contribution >= 4 is 10.2 Å². The highest BCUT2D eigenvalue weighted by Crippen LogP contribution is 2.21. The lowest BCUT2D eigenvalue weighted by Crippen LogP contribution is -2.48. The Kier molecular flexibility index (Phi) is 7.25. The highest BCUT2D eigenvalue weighted by Gasteiger charge is 2.31. The summed E-state index contributed by atoms with van der Waals surface area (Å²) >= 11 is 0. The van der Waals surface area contributed by atoms with E-state index < -0.39 is 10.2 Å². The average Bonchev–Trinajstić information content (AvgIpc) is 2.68. The van der Waals surface area contributed by atoms with E-state index in [0.29, 0.717) is 32.0 Å². The van der Waals surface area contributed by atoms with Crippen LogP contribution in [0.15, 0.2) is 24.3 Å². The van der Waals surface area contributed by atoms with E-state index >= 15 is 0 Å². The van der Waals surface area contributed by atoms with Crippen LogP contribution in [0.5, 0.6) is 0 Å². The van der Waals surface area contributed by atoms with Gasteiger partial charge in [0.05, 0.1) is 0 Å². The lowest BCUT2D eigenvalue weighted by atomic mass is 9.97. The molecule has 0 aliphatic carbocycles. The summed E-state index contributed by atoms with van der Waals surface area (Å²) < 4.78 is 42.6. The summed E-state index contributed by atoms with van der Waals surface area (Å²) in [6, 6.07) is 6.94. The van der Waals surface area contributed by atoms with Crippen LogP contribution in [0, 0.1) is 11.7 Å². The molecule has 0 bridgehead atoms. The molecule has 152 valence electrons. The van der Waals surface area contributed by atoms with Crippen molar-refractivity contribution in [1.82, 2.24) is 13.5 Å². The van der Waals surface area contributed by atoms with E-state index in [0.717, 1.165) is 57.3 Å². The molecule has 2 fully saturated rings. The average molecular weight is 398 g/mol. The molecule has 1 unspecified atom stereocenters. The van der Waals surface area contributed by atoms with Crippen molar-refractivity contribution in [2.45, 2.75) is 38.5 Å². The Labute approximate surface area is 163 Å². The summed E-state index contributed by atoms with van der Waals surface area (Å²) in [6.07, 6.45) is 5.85. The molecule has 0 N–H and O–H groups in total. The summed E-state index contributed by atoms with van der Waals surface area (Å²) in [7, 11) is -1.63. The summed E-state index contributed by atoms with van der Waals surface area (Å²) in [5, 5.41) is 0. The van der Waals surface area contributed by atoms with Gasteiger partial charge in [0.15, 0.2) is 0 Å². The van der Waals surface area contributed by atoms with Crippen LogP contribution in [-0.2, 0) is 16.6 Å². The molecule has 2 saturated heterocycles. The van der Waals surface area contributed by atoms with E-state index in [1.807, 2.05) is 12.1 Å². The molecule has 0 saturated carbocycles. The Balaban J connectivity index is 1.51. The van der Waals surface area contributed by atoms with Crippen LogP contribution in [0.2, 0.25) is 0 Å². The Morgan fingerprint density at radius 1 is 1.11 bits per heavy atom. The third-order valence-electron chi connectivity index (χ3n) is 5.81. The number of likely N-dealkylation sites (tertiary alicyclic amines) is 1. The lowest BCUT2D eigenvalue weighted by Gasteiger charge is -2.36. The molecule has 5 nitrogen and oxygen atoms in total. The molecule has 2 heterocycles. The van der Waals surface area contributed by atoms with Crippen molar-refractivity contribution in [3.63, 3.8) is 0 Å². The fraction of sp³-hybridized carbons (Fsp3) is 0.700. The maximum atomic E-state index is 13.8. The molecule has 0 amide bonds. The second kappa shape index (κ2) is 9.45. The van der Waals surface area contributed by atoms with Crippen LogP contribution in [-0.4, -0.2) is 68.2 Å². The van der Waals surface area contributed by atoms with E-state index in [2.05, 4.69) is 4.90 Å². The summed E-state index contributed by atoms with van der Waals surface area (Å²) in [5.41, 5.74) is 0.754. The minimum absolute atomic E-state index is 0.140. The molecular formula is C20H32FN3O2S. The highest BCUT2D eigenvalue weighted by atomic mass is 32.2. The molecule has 2 aliphatic heterocycles. The smallest absolute Gasteiger partial charge is 0.281 e. The van der Waals surface area contributed by atoms with Crippen LogP contribution in [0.25, 0.3) is 0 Å². The number of nitrogens with zero attached hydrogens (tertiary/aromatic N) is 3. The van der Waals surface area contributed by atoms with E-state index in [-0.39, 0.29) is 5.82 Å². The number of rotatable bonds is 7. The summed E-state index contributed by atoms with van der Waals surface area (Å²) in [6.45, 7) is 4.56. The fourth-order valence-corrected chi connectivity index (χ4v) is 5.75. The van der Waals surface area contributed by atoms with Gasteiger partial charge in [-0.3, -0.25) is 0 Å². The van der Waals surface area contributed by atoms with E-state index in [1.165, 1.54) is 6.07 Å². The summed E-state index contributed by atoms with van der Waals surface area (Å²) in [5.74, 6) is 0.197. The van der Waals surface area contributed by atoms with Gasteiger partial charge in [0, 0.05) is 39.8 Å². The molecule has 1 aromatic carbocycles. The highest BCUT2D eigenvalue weighted by molar-refractivity contribution is 7.86. The molecule has 7 heteroatoms. The molecular weight excluding hydrogens is 365 g/mol. The second-order valence-corrected chi connectivity index (χ2v) is 9.93. The standard InChI is InChI=1S/C20H32FN3O2S/c1-22(27(25,26)24-13-5-2-6-14-24)16-18-8-7-12-23(17-18)15-11-19-9-3-4-10-20(19)21/h3-4,9-10,18H,2,5-8,11-17H2,1H3. The normalized spacial score (nSPS) is 23.0. The first-order valence-electron chi connectivity index (χ1n) is 10.1. The lowest BCUT2D eigenvalue weighted by molar-refractivity contribution is 0.160.